The van der Waals surface area contributed by atoms with Crippen LogP contribution in [0.4, 0.5) is 0 Å². The Morgan fingerprint density at radius 3 is 2.67 bits per heavy atom. The molecule has 1 saturated carbocycles. The van der Waals surface area contributed by atoms with E-state index in [-0.39, 0.29) is 11.5 Å². The Balaban J connectivity index is 2.04. The molecule has 2 aromatic carbocycles. The van der Waals surface area contributed by atoms with Crippen LogP contribution in [0.15, 0.2) is 36.4 Å². The molecule has 0 atom stereocenters. The van der Waals surface area contributed by atoms with Crippen molar-refractivity contribution < 1.29 is 10.2 Å². The Labute approximate surface area is 126 Å². The number of fused-ring (bicyclic) bond motifs is 1. The first-order valence-corrected chi connectivity index (χ1v) is 7.21. The van der Waals surface area contributed by atoms with Gasteiger partial charge in [-0.05, 0) is 49.2 Å². The Kier molecular flexibility index (Phi) is 2.62. The maximum atomic E-state index is 10.1. The lowest BCUT2D eigenvalue weighted by atomic mass is 10.1. The van der Waals surface area contributed by atoms with E-state index in [4.69, 9.17) is 11.6 Å². The molecule has 1 fully saturated rings. The van der Waals surface area contributed by atoms with Gasteiger partial charge in [-0.1, -0.05) is 11.6 Å². The normalized spacial score (nSPS) is 14.7. The summed E-state index contributed by atoms with van der Waals surface area (Å²) in [6.07, 6.45) is 2.18. The lowest BCUT2D eigenvalue weighted by Crippen LogP contribution is -1.97. The zero-order chi connectivity index (χ0) is 14.6. The summed E-state index contributed by atoms with van der Waals surface area (Å²) in [4.78, 5) is 4.62. The summed E-state index contributed by atoms with van der Waals surface area (Å²) in [5.74, 6) is 0.884. The first-order chi connectivity index (χ1) is 10.1. The summed E-state index contributed by atoms with van der Waals surface area (Å²) in [5, 5.41) is 20.5. The highest BCUT2D eigenvalue weighted by atomic mass is 35.5. The predicted octanol–water partition coefficient (Wildman–Crippen LogP) is 4.10. The zero-order valence-corrected chi connectivity index (χ0v) is 11.9. The third kappa shape index (κ3) is 2.03. The fourth-order valence-corrected chi connectivity index (χ4v) is 2.83. The minimum Gasteiger partial charge on any atom is -0.508 e. The summed E-state index contributed by atoms with van der Waals surface area (Å²) < 4.78 is 2.11. The highest BCUT2D eigenvalue weighted by molar-refractivity contribution is 6.31. The number of rotatable bonds is 2. The molecule has 5 heteroatoms. The van der Waals surface area contributed by atoms with Crippen molar-refractivity contribution in [2.45, 2.75) is 18.9 Å². The lowest BCUT2D eigenvalue weighted by molar-refractivity contribution is 0.461. The molecule has 0 unspecified atom stereocenters. The second kappa shape index (κ2) is 4.40. The third-order valence-corrected chi connectivity index (χ3v) is 4.02. The monoisotopic (exact) mass is 300 g/mol. The van der Waals surface area contributed by atoms with E-state index in [1.807, 2.05) is 12.1 Å². The van der Waals surface area contributed by atoms with Crippen molar-refractivity contribution in [3.8, 4) is 22.9 Å². The maximum Gasteiger partial charge on any atom is 0.145 e. The Morgan fingerprint density at radius 2 is 1.90 bits per heavy atom. The molecule has 2 N–H and O–H groups in total. The van der Waals surface area contributed by atoms with Gasteiger partial charge in [-0.2, -0.15) is 0 Å². The quantitative estimate of drug-likeness (QED) is 0.700. The SMILES string of the molecule is Oc1ccc(O)c(-c2nc3ccc(Cl)cc3n2C2CC2)c1. The molecule has 3 aromatic rings. The van der Waals surface area contributed by atoms with Crippen LogP contribution in [0, 0.1) is 0 Å². The molecule has 1 heterocycles. The largest absolute Gasteiger partial charge is 0.508 e. The molecule has 1 aromatic heterocycles. The van der Waals surface area contributed by atoms with Crippen LogP contribution in [0.3, 0.4) is 0 Å². The summed E-state index contributed by atoms with van der Waals surface area (Å²) in [6.45, 7) is 0. The molecule has 0 amide bonds. The van der Waals surface area contributed by atoms with E-state index < -0.39 is 0 Å². The number of hydrogen-bond acceptors (Lipinski definition) is 3. The fourth-order valence-electron chi connectivity index (χ4n) is 2.66. The van der Waals surface area contributed by atoms with Crippen LogP contribution >= 0.6 is 11.6 Å². The van der Waals surface area contributed by atoms with Gasteiger partial charge >= 0.3 is 0 Å². The first kappa shape index (κ1) is 12.5. The van der Waals surface area contributed by atoms with Crippen LogP contribution in [-0.2, 0) is 0 Å². The molecule has 106 valence electrons. The van der Waals surface area contributed by atoms with E-state index in [2.05, 4.69) is 9.55 Å². The van der Waals surface area contributed by atoms with Crippen LogP contribution in [0.1, 0.15) is 18.9 Å². The smallest absolute Gasteiger partial charge is 0.145 e. The van der Waals surface area contributed by atoms with E-state index in [0.29, 0.717) is 22.5 Å². The van der Waals surface area contributed by atoms with Gasteiger partial charge in [0.2, 0.25) is 0 Å². The number of imidazole rings is 1. The van der Waals surface area contributed by atoms with Crippen LogP contribution in [0.2, 0.25) is 5.02 Å². The van der Waals surface area contributed by atoms with Gasteiger partial charge in [0, 0.05) is 11.1 Å². The lowest BCUT2D eigenvalue weighted by Gasteiger charge is -2.09. The molecule has 4 rings (SSSR count). The van der Waals surface area contributed by atoms with Crippen LogP contribution < -0.4 is 0 Å². The molecule has 1 aliphatic rings. The second-order valence-corrected chi connectivity index (χ2v) is 5.81. The van der Waals surface area contributed by atoms with Gasteiger partial charge < -0.3 is 14.8 Å². The van der Waals surface area contributed by atoms with Crippen LogP contribution in [0.25, 0.3) is 22.4 Å². The molecular weight excluding hydrogens is 288 g/mol. The van der Waals surface area contributed by atoms with Gasteiger partial charge in [0.25, 0.3) is 0 Å². The molecule has 0 saturated heterocycles. The Hall–Kier alpha value is -2.20. The molecule has 4 nitrogen and oxygen atoms in total. The summed E-state index contributed by atoms with van der Waals surface area (Å²) >= 11 is 6.10. The first-order valence-electron chi connectivity index (χ1n) is 6.83. The van der Waals surface area contributed by atoms with Crippen LogP contribution in [0.5, 0.6) is 11.5 Å². The summed E-state index contributed by atoms with van der Waals surface area (Å²) in [5.41, 5.74) is 2.33. The molecule has 1 aliphatic carbocycles. The van der Waals surface area contributed by atoms with Crippen molar-refractivity contribution >= 4 is 22.6 Å². The average Bonchev–Trinajstić information content (AvgIpc) is 3.22. The number of benzene rings is 2. The van der Waals surface area contributed by atoms with E-state index in [0.717, 1.165) is 23.9 Å². The molecule has 0 radical (unpaired) electrons. The Morgan fingerprint density at radius 1 is 1.10 bits per heavy atom. The van der Waals surface area contributed by atoms with E-state index in [1.165, 1.54) is 18.2 Å². The molecular formula is C16H13ClN2O2. The number of phenols is 2. The summed E-state index contributed by atoms with van der Waals surface area (Å²) in [6, 6.07) is 10.4. The Bertz CT molecular complexity index is 853. The number of phenolic OH excluding ortho intramolecular Hbond substituents is 2. The number of nitrogens with zero attached hydrogens (tertiary/aromatic N) is 2. The molecule has 0 bridgehead atoms. The van der Waals surface area contributed by atoms with Crippen molar-refractivity contribution in [3.05, 3.63) is 41.4 Å². The third-order valence-electron chi connectivity index (χ3n) is 3.78. The van der Waals surface area contributed by atoms with Gasteiger partial charge in [0.05, 0.1) is 16.6 Å². The van der Waals surface area contributed by atoms with Crippen molar-refractivity contribution in [1.29, 1.82) is 0 Å². The number of hydrogen-bond donors (Lipinski definition) is 2. The predicted molar refractivity (Wildman–Crippen MR) is 81.8 cm³/mol. The minimum absolute atomic E-state index is 0.107. The fraction of sp³-hybridized carbons (Fsp3) is 0.188. The minimum atomic E-state index is 0.107. The number of aromatic nitrogens is 2. The summed E-state index contributed by atoms with van der Waals surface area (Å²) in [7, 11) is 0. The highest BCUT2D eigenvalue weighted by Gasteiger charge is 2.29. The van der Waals surface area contributed by atoms with Gasteiger partial charge in [0.1, 0.15) is 17.3 Å². The van der Waals surface area contributed by atoms with Crippen molar-refractivity contribution in [2.75, 3.05) is 0 Å². The van der Waals surface area contributed by atoms with Gasteiger partial charge in [-0.25, -0.2) is 4.98 Å². The highest BCUT2D eigenvalue weighted by Crippen LogP contribution is 2.43. The van der Waals surface area contributed by atoms with Gasteiger partial charge in [-0.3, -0.25) is 0 Å². The average molecular weight is 301 g/mol. The topological polar surface area (TPSA) is 58.3 Å². The molecule has 0 aliphatic heterocycles. The van der Waals surface area contributed by atoms with Crippen molar-refractivity contribution in [1.82, 2.24) is 9.55 Å². The molecule has 0 spiro atoms. The van der Waals surface area contributed by atoms with E-state index >= 15 is 0 Å². The standard InChI is InChI=1S/C16H13ClN2O2/c17-9-1-5-13-14(7-9)19(10-2-3-10)16(18-13)12-8-11(20)4-6-15(12)21/h1,4-8,10,20-21H,2-3H2. The van der Waals surface area contributed by atoms with Crippen molar-refractivity contribution in [3.63, 3.8) is 0 Å². The van der Waals surface area contributed by atoms with E-state index in [1.54, 1.807) is 6.07 Å². The van der Waals surface area contributed by atoms with Gasteiger partial charge in [0.15, 0.2) is 0 Å². The van der Waals surface area contributed by atoms with Gasteiger partial charge in [-0.15, -0.1) is 0 Å². The molecule has 21 heavy (non-hydrogen) atoms. The van der Waals surface area contributed by atoms with E-state index in [9.17, 15) is 10.2 Å². The zero-order valence-electron chi connectivity index (χ0n) is 11.1. The second-order valence-electron chi connectivity index (χ2n) is 5.37. The van der Waals surface area contributed by atoms with Crippen LogP contribution in [-0.4, -0.2) is 19.8 Å². The maximum absolute atomic E-state index is 10.1. The number of aromatic hydroxyl groups is 2. The number of halogens is 1. The van der Waals surface area contributed by atoms with Crippen molar-refractivity contribution in [2.24, 2.45) is 0 Å².